The van der Waals surface area contributed by atoms with Gasteiger partial charge in [0.2, 0.25) is 4.96 Å². The largest absolute Gasteiger partial charge is 0.234 e. The first-order chi connectivity index (χ1) is 8.74. The van der Waals surface area contributed by atoms with Gasteiger partial charge in [0.1, 0.15) is 5.01 Å². The standard InChI is InChI=1S/C13H14N4S/c1-9(2)12-14-15-13-17(12)16-11(18-13)8-10-6-4-3-5-7-10/h3-7,9H,8H2,1-2H3. The van der Waals surface area contributed by atoms with Crippen LogP contribution in [0.3, 0.4) is 0 Å². The molecule has 2 heterocycles. The summed E-state index contributed by atoms with van der Waals surface area (Å²) in [5.74, 6) is 1.27. The molecule has 3 aromatic rings. The Hall–Kier alpha value is -1.75. The van der Waals surface area contributed by atoms with Crippen LogP contribution in [-0.4, -0.2) is 19.8 Å². The third kappa shape index (κ3) is 2.01. The number of hydrogen-bond donors (Lipinski definition) is 0. The fraction of sp³-hybridized carbons (Fsp3) is 0.308. The minimum Gasteiger partial charge on any atom is -0.187 e. The van der Waals surface area contributed by atoms with Crippen molar-refractivity contribution in [3.8, 4) is 0 Å². The maximum Gasteiger partial charge on any atom is 0.234 e. The molecule has 0 aliphatic carbocycles. The molecule has 0 unspecified atom stereocenters. The molecule has 0 aliphatic heterocycles. The van der Waals surface area contributed by atoms with Crippen LogP contribution in [0.15, 0.2) is 30.3 Å². The Balaban J connectivity index is 1.94. The maximum absolute atomic E-state index is 4.60. The van der Waals surface area contributed by atoms with Crippen molar-refractivity contribution >= 4 is 16.3 Å². The lowest BCUT2D eigenvalue weighted by atomic mass is 10.2. The topological polar surface area (TPSA) is 43.1 Å². The molecule has 18 heavy (non-hydrogen) atoms. The maximum atomic E-state index is 4.60. The molecule has 0 aliphatic rings. The average molecular weight is 258 g/mol. The fourth-order valence-corrected chi connectivity index (χ4v) is 2.75. The van der Waals surface area contributed by atoms with E-state index < -0.39 is 0 Å². The Morgan fingerprint density at radius 3 is 2.67 bits per heavy atom. The van der Waals surface area contributed by atoms with Crippen molar-refractivity contribution in [2.45, 2.75) is 26.2 Å². The summed E-state index contributed by atoms with van der Waals surface area (Å²) in [5.41, 5.74) is 1.27. The van der Waals surface area contributed by atoms with Crippen LogP contribution in [0.2, 0.25) is 0 Å². The van der Waals surface area contributed by atoms with Gasteiger partial charge < -0.3 is 0 Å². The average Bonchev–Trinajstić information content (AvgIpc) is 2.89. The van der Waals surface area contributed by atoms with Crippen LogP contribution in [0.5, 0.6) is 0 Å². The van der Waals surface area contributed by atoms with Crippen molar-refractivity contribution in [3.05, 3.63) is 46.7 Å². The van der Waals surface area contributed by atoms with Gasteiger partial charge in [-0.15, -0.1) is 10.2 Å². The van der Waals surface area contributed by atoms with Gasteiger partial charge in [0.25, 0.3) is 0 Å². The summed E-state index contributed by atoms with van der Waals surface area (Å²) in [5, 5.41) is 14.0. The fourth-order valence-electron chi connectivity index (χ4n) is 1.87. The summed E-state index contributed by atoms with van der Waals surface area (Å²) in [7, 11) is 0. The van der Waals surface area contributed by atoms with E-state index in [1.54, 1.807) is 11.3 Å². The Morgan fingerprint density at radius 1 is 1.17 bits per heavy atom. The lowest BCUT2D eigenvalue weighted by Crippen LogP contribution is -1.99. The van der Waals surface area contributed by atoms with Crippen LogP contribution in [-0.2, 0) is 6.42 Å². The second-order valence-electron chi connectivity index (χ2n) is 4.57. The first-order valence-electron chi connectivity index (χ1n) is 5.99. The van der Waals surface area contributed by atoms with E-state index in [4.69, 9.17) is 0 Å². The summed E-state index contributed by atoms with van der Waals surface area (Å²) < 4.78 is 1.87. The molecule has 0 bridgehead atoms. The predicted molar refractivity (Wildman–Crippen MR) is 72.0 cm³/mol. The Morgan fingerprint density at radius 2 is 1.94 bits per heavy atom. The van der Waals surface area contributed by atoms with E-state index in [-0.39, 0.29) is 0 Å². The number of aromatic nitrogens is 4. The molecule has 3 rings (SSSR count). The van der Waals surface area contributed by atoms with Crippen LogP contribution in [0.4, 0.5) is 0 Å². The number of nitrogens with zero attached hydrogens (tertiary/aromatic N) is 4. The predicted octanol–water partition coefficient (Wildman–Crippen LogP) is 2.90. The van der Waals surface area contributed by atoms with Crippen molar-refractivity contribution in [3.63, 3.8) is 0 Å². The van der Waals surface area contributed by atoms with E-state index in [9.17, 15) is 0 Å². The SMILES string of the molecule is CC(C)c1nnc2sc(Cc3ccccc3)nn12. The number of rotatable bonds is 3. The van der Waals surface area contributed by atoms with Gasteiger partial charge in [-0.1, -0.05) is 55.5 Å². The van der Waals surface area contributed by atoms with Crippen molar-refractivity contribution < 1.29 is 0 Å². The Bertz CT molecular complexity index is 654. The molecule has 0 spiro atoms. The molecular weight excluding hydrogens is 244 g/mol. The van der Waals surface area contributed by atoms with Crippen LogP contribution in [0.25, 0.3) is 4.96 Å². The zero-order chi connectivity index (χ0) is 12.5. The first-order valence-corrected chi connectivity index (χ1v) is 6.80. The lowest BCUT2D eigenvalue weighted by Gasteiger charge is -1.98. The number of benzene rings is 1. The summed E-state index contributed by atoms with van der Waals surface area (Å²) in [6.07, 6.45) is 0.854. The molecule has 5 heteroatoms. The molecule has 1 aromatic carbocycles. The van der Waals surface area contributed by atoms with Gasteiger partial charge in [-0.3, -0.25) is 0 Å². The van der Waals surface area contributed by atoms with Crippen molar-refractivity contribution in [1.29, 1.82) is 0 Å². The van der Waals surface area contributed by atoms with Gasteiger partial charge >= 0.3 is 0 Å². The molecule has 0 saturated carbocycles. The normalized spacial score (nSPS) is 11.5. The second-order valence-corrected chi connectivity index (χ2v) is 5.61. The van der Waals surface area contributed by atoms with E-state index in [1.807, 2.05) is 10.6 Å². The zero-order valence-electron chi connectivity index (χ0n) is 10.4. The molecule has 0 amide bonds. The summed E-state index contributed by atoms with van der Waals surface area (Å²) in [4.78, 5) is 0.879. The lowest BCUT2D eigenvalue weighted by molar-refractivity contribution is 0.719. The van der Waals surface area contributed by atoms with Gasteiger partial charge in [0, 0.05) is 12.3 Å². The third-order valence-corrected chi connectivity index (χ3v) is 3.67. The molecule has 2 aromatic heterocycles. The quantitative estimate of drug-likeness (QED) is 0.725. The van der Waals surface area contributed by atoms with Crippen molar-refractivity contribution in [2.75, 3.05) is 0 Å². The highest BCUT2D eigenvalue weighted by Crippen LogP contribution is 2.20. The second kappa shape index (κ2) is 4.49. The number of hydrogen-bond acceptors (Lipinski definition) is 4. The van der Waals surface area contributed by atoms with Gasteiger partial charge in [0.15, 0.2) is 5.82 Å². The molecule has 0 atom stereocenters. The Labute approximate surface area is 109 Å². The highest BCUT2D eigenvalue weighted by Gasteiger charge is 2.14. The van der Waals surface area contributed by atoms with E-state index in [0.29, 0.717) is 5.92 Å². The molecular formula is C13H14N4S. The minimum absolute atomic E-state index is 0.340. The van der Waals surface area contributed by atoms with Crippen LogP contribution >= 0.6 is 11.3 Å². The van der Waals surface area contributed by atoms with E-state index >= 15 is 0 Å². The van der Waals surface area contributed by atoms with E-state index in [0.717, 1.165) is 22.2 Å². The van der Waals surface area contributed by atoms with Crippen LogP contribution < -0.4 is 0 Å². The Kier molecular flexibility index (Phi) is 2.83. The van der Waals surface area contributed by atoms with Gasteiger partial charge in [0.05, 0.1) is 0 Å². The zero-order valence-corrected chi connectivity index (χ0v) is 11.2. The summed E-state index contributed by atoms with van der Waals surface area (Å²) in [6, 6.07) is 10.4. The van der Waals surface area contributed by atoms with E-state index in [2.05, 4.69) is 53.4 Å². The molecule has 92 valence electrons. The van der Waals surface area contributed by atoms with Gasteiger partial charge in [-0.05, 0) is 5.56 Å². The highest BCUT2D eigenvalue weighted by atomic mass is 32.1. The van der Waals surface area contributed by atoms with E-state index in [1.165, 1.54) is 5.56 Å². The molecule has 0 saturated heterocycles. The molecule has 0 radical (unpaired) electrons. The highest BCUT2D eigenvalue weighted by molar-refractivity contribution is 7.16. The number of fused-ring (bicyclic) bond motifs is 1. The molecule has 0 fully saturated rings. The minimum atomic E-state index is 0.340. The molecule has 0 N–H and O–H groups in total. The summed E-state index contributed by atoms with van der Waals surface area (Å²) in [6.45, 7) is 4.21. The third-order valence-electron chi connectivity index (χ3n) is 2.77. The van der Waals surface area contributed by atoms with Gasteiger partial charge in [-0.2, -0.15) is 9.61 Å². The summed E-state index contributed by atoms with van der Waals surface area (Å²) >= 11 is 1.61. The van der Waals surface area contributed by atoms with Gasteiger partial charge in [-0.25, -0.2) is 0 Å². The van der Waals surface area contributed by atoms with Crippen LogP contribution in [0.1, 0.15) is 36.2 Å². The molecule has 4 nitrogen and oxygen atoms in total. The first kappa shape index (κ1) is 11.3. The van der Waals surface area contributed by atoms with Crippen LogP contribution in [0, 0.1) is 0 Å². The monoisotopic (exact) mass is 258 g/mol. The smallest absolute Gasteiger partial charge is 0.187 e. The van der Waals surface area contributed by atoms with Crippen molar-refractivity contribution in [1.82, 2.24) is 19.8 Å². The van der Waals surface area contributed by atoms with Crippen molar-refractivity contribution in [2.24, 2.45) is 0 Å².